The van der Waals surface area contributed by atoms with Crippen LogP contribution in [-0.4, -0.2) is 27.4 Å². The van der Waals surface area contributed by atoms with E-state index in [-0.39, 0.29) is 0 Å². The number of rotatable bonds is 9. The van der Waals surface area contributed by atoms with Crippen LogP contribution in [0.3, 0.4) is 0 Å². The Morgan fingerprint density at radius 2 is 1.56 bits per heavy atom. The van der Waals surface area contributed by atoms with Gasteiger partial charge in [-0.3, -0.25) is 0 Å². The third-order valence-electron chi connectivity index (χ3n) is 2.73. The highest BCUT2D eigenvalue weighted by atomic mass is 16.5. The van der Waals surface area contributed by atoms with Gasteiger partial charge >= 0.3 is 0 Å². The average Bonchev–Trinajstić information content (AvgIpc) is 2.42. The molecule has 0 spiro atoms. The Bertz CT molecular complexity index is 320. The Morgan fingerprint density at radius 1 is 0.944 bits per heavy atom. The molecule has 0 unspecified atom stereocenters. The number of nitrogens with two attached hydrogens (primary N) is 1. The highest BCUT2D eigenvalue weighted by Gasteiger charge is 2.10. The summed E-state index contributed by atoms with van der Waals surface area (Å²) in [4.78, 5) is 0. The molecular formula is C14H23NO3. The summed E-state index contributed by atoms with van der Waals surface area (Å²) >= 11 is 0. The number of unbranched alkanes of at least 4 members (excludes halogenated alkanes) is 3. The number of para-hydroxylation sites is 1. The maximum absolute atomic E-state index is 5.75. The maximum Gasteiger partial charge on any atom is 0.203 e. The first kappa shape index (κ1) is 14.6. The van der Waals surface area contributed by atoms with Gasteiger partial charge in [-0.05, 0) is 31.5 Å². The second-order valence-electron chi connectivity index (χ2n) is 4.04. The minimum Gasteiger partial charge on any atom is -0.493 e. The molecule has 0 saturated heterocycles. The van der Waals surface area contributed by atoms with Crippen LogP contribution in [0, 0.1) is 0 Å². The summed E-state index contributed by atoms with van der Waals surface area (Å²) in [6.07, 6.45) is 4.39. The van der Waals surface area contributed by atoms with Gasteiger partial charge in [0.15, 0.2) is 11.5 Å². The SMILES string of the molecule is COc1cccc(OC)c1OCCCCCCN. The fraction of sp³-hybridized carbons (Fsp3) is 0.571. The molecule has 0 heterocycles. The normalized spacial score (nSPS) is 10.2. The molecule has 0 aliphatic rings. The van der Waals surface area contributed by atoms with Crippen molar-refractivity contribution in [2.75, 3.05) is 27.4 Å². The zero-order valence-electron chi connectivity index (χ0n) is 11.3. The van der Waals surface area contributed by atoms with Crippen LogP contribution in [0.5, 0.6) is 17.2 Å². The first-order chi connectivity index (χ1) is 8.83. The predicted molar refractivity (Wildman–Crippen MR) is 72.6 cm³/mol. The molecule has 102 valence electrons. The van der Waals surface area contributed by atoms with E-state index in [1.807, 2.05) is 18.2 Å². The number of hydrogen-bond acceptors (Lipinski definition) is 4. The molecule has 0 bridgehead atoms. The lowest BCUT2D eigenvalue weighted by Gasteiger charge is -2.13. The van der Waals surface area contributed by atoms with Gasteiger partial charge in [0, 0.05) is 0 Å². The van der Waals surface area contributed by atoms with Crippen molar-refractivity contribution in [2.24, 2.45) is 5.73 Å². The Labute approximate surface area is 109 Å². The highest BCUT2D eigenvalue weighted by molar-refractivity contribution is 5.51. The lowest BCUT2D eigenvalue weighted by Crippen LogP contribution is -2.02. The minimum atomic E-state index is 0.668. The van der Waals surface area contributed by atoms with E-state index in [1.165, 1.54) is 0 Å². The third-order valence-corrected chi connectivity index (χ3v) is 2.73. The first-order valence-corrected chi connectivity index (χ1v) is 6.37. The van der Waals surface area contributed by atoms with Gasteiger partial charge in [0.1, 0.15) is 0 Å². The summed E-state index contributed by atoms with van der Waals surface area (Å²) in [6, 6.07) is 5.62. The molecule has 0 amide bonds. The molecule has 0 radical (unpaired) electrons. The standard InChI is InChI=1S/C14H23NO3/c1-16-12-8-7-9-13(17-2)14(12)18-11-6-4-3-5-10-15/h7-9H,3-6,10-11,15H2,1-2H3. The van der Waals surface area contributed by atoms with E-state index in [1.54, 1.807) is 14.2 Å². The van der Waals surface area contributed by atoms with Crippen LogP contribution < -0.4 is 19.9 Å². The van der Waals surface area contributed by atoms with Gasteiger partial charge in [-0.15, -0.1) is 0 Å². The van der Waals surface area contributed by atoms with Gasteiger partial charge < -0.3 is 19.9 Å². The minimum absolute atomic E-state index is 0.668. The third kappa shape index (κ3) is 4.45. The fourth-order valence-corrected chi connectivity index (χ4v) is 1.73. The molecule has 0 aromatic heterocycles. The van der Waals surface area contributed by atoms with Crippen LogP contribution in [0.4, 0.5) is 0 Å². The number of benzene rings is 1. The van der Waals surface area contributed by atoms with Gasteiger partial charge in [0.2, 0.25) is 5.75 Å². The Morgan fingerprint density at radius 3 is 2.11 bits per heavy atom. The molecule has 2 N–H and O–H groups in total. The van der Waals surface area contributed by atoms with E-state index in [0.717, 1.165) is 32.2 Å². The summed E-state index contributed by atoms with van der Waals surface area (Å²) in [7, 11) is 3.26. The average molecular weight is 253 g/mol. The molecule has 0 saturated carbocycles. The van der Waals surface area contributed by atoms with E-state index in [0.29, 0.717) is 23.9 Å². The molecule has 4 heteroatoms. The predicted octanol–water partition coefficient (Wildman–Crippen LogP) is 2.60. The quantitative estimate of drug-likeness (QED) is 0.687. The largest absolute Gasteiger partial charge is 0.493 e. The van der Waals surface area contributed by atoms with Gasteiger partial charge in [-0.2, -0.15) is 0 Å². The van der Waals surface area contributed by atoms with Crippen molar-refractivity contribution < 1.29 is 14.2 Å². The lowest BCUT2D eigenvalue weighted by molar-refractivity contribution is 0.267. The lowest BCUT2D eigenvalue weighted by atomic mass is 10.2. The number of ether oxygens (including phenoxy) is 3. The van der Waals surface area contributed by atoms with Crippen LogP contribution in [-0.2, 0) is 0 Å². The van der Waals surface area contributed by atoms with E-state index in [9.17, 15) is 0 Å². The smallest absolute Gasteiger partial charge is 0.203 e. The van der Waals surface area contributed by atoms with Crippen molar-refractivity contribution >= 4 is 0 Å². The molecular weight excluding hydrogens is 230 g/mol. The van der Waals surface area contributed by atoms with Crippen LogP contribution in [0.15, 0.2) is 18.2 Å². The highest BCUT2D eigenvalue weighted by Crippen LogP contribution is 2.36. The number of methoxy groups -OCH3 is 2. The van der Waals surface area contributed by atoms with Crippen molar-refractivity contribution in [3.63, 3.8) is 0 Å². The molecule has 0 fully saturated rings. The second-order valence-corrected chi connectivity index (χ2v) is 4.04. The van der Waals surface area contributed by atoms with E-state index >= 15 is 0 Å². The zero-order valence-corrected chi connectivity index (χ0v) is 11.3. The van der Waals surface area contributed by atoms with Crippen molar-refractivity contribution in [1.82, 2.24) is 0 Å². The van der Waals surface area contributed by atoms with E-state index in [2.05, 4.69) is 0 Å². The van der Waals surface area contributed by atoms with Crippen molar-refractivity contribution in [3.05, 3.63) is 18.2 Å². The monoisotopic (exact) mass is 253 g/mol. The molecule has 4 nitrogen and oxygen atoms in total. The van der Waals surface area contributed by atoms with Crippen molar-refractivity contribution in [2.45, 2.75) is 25.7 Å². The van der Waals surface area contributed by atoms with Gasteiger partial charge in [0.05, 0.1) is 20.8 Å². The molecule has 18 heavy (non-hydrogen) atoms. The molecule has 1 aromatic rings. The molecule has 1 rings (SSSR count). The fourth-order valence-electron chi connectivity index (χ4n) is 1.73. The zero-order chi connectivity index (χ0) is 13.2. The molecule has 1 aromatic carbocycles. The van der Waals surface area contributed by atoms with Crippen LogP contribution >= 0.6 is 0 Å². The topological polar surface area (TPSA) is 53.7 Å². The second kappa shape index (κ2) is 8.64. The summed E-state index contributed by atoms with van der Waals surface area (Å²) in [5.41, 5.74) is 5.45. The summed E-state index contributed by atoms with van der Waals surface area (Å²) in [5, 5.41) is 0. The van der Waals surface area contributed by atoms with Gasteiger partial charge in [0.25, 0.3) is 0 Å². The Hall–Kier alpha value is -1.42. The van der Waals surface area contributed by atoms with Crippen LogP contribution in [0.1, 0.15) is 25.7 Å². The molecule has 0 aliphatic carbocycles. The van der Waals surface area contributed by atoms with E-state index < -0.39 is 0 Å². The Kier molecular flexibility index (Phi) is 7.03. The molecule has 0 aliphatic heterocycles. The molecule has 0 atom stereocenters. The van der Waals surface area contributed by atoms with Gasteiger partial charge in [-0.25, -0.2) is 0 Å². The first-order valence-electron chi connectivity index (χ1n) is 6.37. The summed E-state index contributed by atoms with van der Waals surface area (Å²) in [6.45, 7) is 1.43. The van der Waals surface area contributed by atoms with E-state index in [4.69, 9.17) is 19.9 Å². The Balaban J connectivity index is 2.45. The maximum atomic E-state index is 5.75. The van der Waals surface area contributed by atoms with Crippen LogP contribution in [0.2, 0.25) is 0 Å². The van der Waals surface area contributed by atoms with Crippen molar-refractivity contribution in [3.8, 4) is 17.2 Å². The summed E-state index contributed by atoms with van der Waals surface area (Å²) in [5.74, 6) is 2.09. The van der Waals surface area contributed by atoms with Crippen LogP contribution in [0.25, 0.3) is 0 Å². The number of hydrogen-bond donors (Lipinski definition) is 1. The summed E-state index contributed by atoms with van der Waals surface area (Å²) < 4.78 is 16.3. The van der Waals surface area contributed by atoms with Crippen molar-refractivity contribution in [1.29, 1.82) is 0 Å². The van der Waals surface area contributed by atoms with Gasteiger partial charge in [-0.1, -0.05) is 18.9 Å².